The Morgan fingerprint density at radius 1 is 1.32 bits per heavy atom. The summed E-state index contributed by atoms with van der Waals surface area (Å²) in [5.74, 6) is 0.507. The Morgan fingerprint density at radius 2 is 1.95 bits per heavy atom. The number of carbonyl (C=O) groups is 1. The molecule has 0 bridgehead atoms. The summed E-state index contributed by atoms with van der Waals surface area (Å²) in [7, 11) is 1.49. The van der Waals surface area contributed by atoms with Crippen molar-refractivity contribution >= 4 is 25.6 Å². The van der Waals surface area contributed by atoms with Crippen LogP contribution in [0, 0.1) is 5.92 Å². The SMILES string of the molecule is CC1CCN(C(=O)c2cccc(S(=O)(=O)Cl)c2)CC1. The van der Waals surface area contributed by atoms with E-state index in [-0.39, 0.29) is 10.8 Å². The molecule has 1 aliphatic heterocycles. The Hall–Kier alpha value is -1.07. The van der Waals surface area contributed by atoms with E-state index >= 15 is 0 Å². The van der Waals surface area contributed by atoms with Crippen molar-refractivity contribution in [2.45, 2.75) is 24.7 Å². The highest BCUT2D eigenvalue weighted by atomic mass is 35.7. The average Bonchev–Trinajstić information content (AvgIpc) is 2.38. The highest BCUT2D eigenvalue weighted by Crippen LogP contribution is 2.20. The van der Waals surface area contributed by atoms with Crippen molar-refractivity contribution in [2.75, 3.05) is 13.1 Å². The normalized spacial score (nSPS) is 17.5. The standard InChI is InChI=1S/C13H16ClNO3S/c1-10-5-7-15(8-6-10)13(16)11-3-2-4-12(9-11)19(14,17)18/h2-4,9-10H,5-8H2,1H3. The van der Waals surface area contributed by atoms with Gasteiger partial charge in [0.25, 0.3) is 15.0 Å². The first-order valence-corrected chi connectivity index (χ1v) is 8.53. The fraction of sp³-hybridized carbons (Fsp3) is 0.462. The van der Waals surface area contributed by atoms with Gasteiger partial charge in [-0.2, -0.15) is 0 Å². The van der Waals surface area contributed by atoms with Crippen LogP contribution in [0.3, 0.4) is 0 Å². The van der Waals surface area contributed by atoms with E-state index in [2.05, 4.69) is 6.92 Å². The van der Waals surface area contributed by atoms with Crippen molar-refractivity contribution in [3.05, 3.63) is 29.8 Å². The lowest BCUT2D eigenvalue weighted by Crippen LogP contribution is -2.37. The summed E-state index contributed by atoms with van der Waals surface area (Å²) in [6.45, 7) is 3.61. The summed E-state index contributed by atoms with van der Waals surface area (Å²) in [5, 5.41) is 0. The van der Waals surface area contributed by atoms with E-state index in [1.807, 2.05) is 0 Å². The first-order chi connectivity index (χ1) is 8.88. The maximum atomic E-state index is 12.3. The predicted molar refractivity (Wildman–Crippen MR) is 73.8 cm³/mol. The Kier molecular flexibility index (Phi) is 4.16. The second-order valence-corrected chi connectivity index (χ2v) is 7.51. The van der Waals surface area contributed by atoms with E-state index in [1.165, 1.54) is 18.2 Å². The van der Waals surface area contributed by atoms with Crippen molar-refractivity contribution in [3.63, 3.8) is 0 Å². The molecule has 0 N–H and O–H groups in total. The summed E-state index contributed by atoms with van der Waals surface area (Å²) in [6, 6.07) is 5.88. The van der Waals surface area contributed by atoms with E-state index in [1.54, 1.807) is 11.0 Å². The molecular formula is C13H16ClNO3S. The smallest absolute Gasteiger partial charge is 0.261 e. The van der Waals surface area contributed by atoms with Gasteiger partial charge in [-0.15, -0.1) is 0 Å². The number of nitrogens with zero attached hydrogens (tertiary/aromatic N) is 1. The number of halogens is 1. The molecule has 1 aliphatic rings. The van der Waals surface area contributed by atoms with Gasteiger partial charge < -0.3 is 4.90 Å². The molecule has 0 aliphatic carbocycles. The quantitative estimate of drug-likeness (QED) is 0.789. The molecule has 1 aromatic carbocycles. The Labute approximate surface area is 117 Å². The number of benzene rings is 1. The Bertz CT molecular complexity index is 577. The summed E-state index contributed by atoms with van der Waals surface area (Å²) in [4.78, 5) is 14.0. The Balaban J connectivity index is 2.20. The predicted octanol–water partition coefficient (Wildman–Crippen LogP) is 2.49. The number of carbonyl (C=O) groups excluding carboxylic acids is 1. The molecule has 1 saturated heterocycles. The zero-order valence-corrected chi connectivity index (χ0v) is 12.2. The minimum atomic E-state index is -3.80. The molecule has 0 atom stereocenters. The zero-order valence-electron chi connectivity index (χ0n) is 10.7. The maximum absolute atomic E-state index is 12.3. The minimum absolute atomic E-state index is 0.0367. The fourth-order valence-electron chi connectivity index (χ4n) is 2.18. The highest BCUT2D eigenvalue weighted by Gasteiger charge is 2.22. The van der Waals surface area contributed by atoms with Crippen LogP contribution in [0.25, 0.3) is 0 Å². The molecular weight excluding hydrogens is 286 g/mol. The summed E-state index contributed by atoms with van der Waals surface area (Å²) in [5.41, 5.74) is 0.372. The van der Waals surface area contributed by atoms with Crippen molar-refractivity contribution < 1.29 is 13.2 Å². The van der Waals surface area contributed by atoms with Gasteiger partial charge in [0.2, 0.25) is 0 Å². The molecule has 6 heteroatoms. The van der Waals surface area contributed by atoms with E-state index < -0.39 is 9.05 Å². The third-order valence-corrected chi connectivity index (χ3v) is 4.78. The molecule has 19 heavy (non-hydrogen) atoms. The topological polar surface area (TPSA) is 54.5 Å². The van der Waals surface area contributed by atoms with Crippen LogP contribution in [0.2, 0.25) is 0 Å². The lowest BCUT2D eigenvalue weighted by atomic mass is 9.98. The lowest BCUT2D eigenvalue weighted by molar-refractivity contribution is 0.0697. The molecule has 104 valence electrons. The molecule has 1 amide bonds. The van der Waals surface area contributed by atoms with Crippen LogP contribution in [0.5, 0.6) is 0 Å². The van der Waals surface area contributed by atoms with Crippen molar-refractivity contribution in [2.24, 2.45) is 5.92 Å². The summed E-state index contributed by atoms with van der Waals surface area (Å²) < 4.78 is 22.5. The monoisotopic (exact) mass is 301 g/mol. The highest BCUT2D eigenvalue weighted by molar-refractivity contribution is 8.13. The first-order valence-electron chi connectivity index (χ1n) is 6.22. The van der Waals surface area contributed by atoms with E-state index in [0.717, 1.165) is 25.9 Å². The molecule has 1 heterocycles. The van der Waals surface area contributed by atoms with Crippen molar-refractivity contribution in [3.8, 4) is 0 Å². The van der Waals surface area contributed by atoms with E-state index in [9.17, 15) is 13.2 Å². The maximum Gasteiger partial charge on any atom is 0.261 e. The van der Waals surface area contributed by atoms with Crippen molar-refractivity contribution in [1.82, 2.24) is 4.90 Å². The minimum Gasteiger partial charge on any atom is -0.339 e. The van der Waals surface area contributed by atoms with Gasteiger partial charge in [0.05, 0.1) is 4.90 Å². The number of amides is 1. The van der Waals surface area contributed by atoms with Gasteiger partial charge in [0.15, 0.2) is 0 Å². The van der Waals surface area contributed by atoms with E-state index in [4.69, 9.17) is 10.7 Å². The number of rotatable bonds is 2. The molecule has 2 rings (SSSR count). The summed E-state index contributed by atoms with van der Waals surface area (Å²) >= 11 is 0. The summed E-state index contributed by atoms with van der Waals surface area (Å²) in [6.07, 6.45) is 1.97. The Morgan fingerprint density at radius 3 is 2.53 bits per heavy atom. The van der Waals surface area contributed by atoms with Gasteiger partial charge >= 0.3 is 0 Å². The molecule has 0 aromatic heterocycles. The molecule has 0 unspecified atom stereocenters. The first kappa shape index (κ1) is 14.3. The molecule has 1 aromatic rings. The van der Waals surface area contributed by atoms with Crippen LogP contribution >= 0.6 is 10.7 Å². The van der Waals surface area contributed by atoms with E-state index in [0.29, 0.717) is 11.5 Å². The van der Waals surface area contributed by atoms with Crippen LogP contribution in [-0.2, 0) is 9.05 Å². The van der Waals surface area contributed by atoms with Crippen LogP contribution in [0.15, 0.2) is 29.2 Å². The molecule has 0 saturated carbocycles. The zero-order chi connectivity index (χ0) is 14.0. The van der Waals surface area contributed by atoms with Crippen LogP contribution in [0.1, 0.15) is 30.1 Å². The number of hydrogen-bond donors (Lipinski definition) is 0. The van der Waals surface area contributed by atoms with Gasteiger partial charge in [-0.25, -0.2) is 8.42 Å². The lowest BCUT2D eigenvalue weighted by Gasteiger charge is -2.30. The average molecular weight is 302 g/mol. The van der Waals surface area contributed by atoms with Gasteiger partial charge in [0.1, 0.15) is 0 Å². The fourth-order valence-corrected chi connectivity index (χ4v) is 2.97. The van der Waals surface area contributed by atoms with Crippen LogP contribution in [0.4, 0.5) is 0 Å². The number of hydrogen-bond acceptors (Lipinski definition) is 3. The van der Waals surface area contributed by atoms with Crippen LogP contribution < -0.4 is 0 Å². The van der Waals surface area contributed by atoms with Crippen LogP contribution in [-0.4, -0.2) is 32.3 Å². The number of piperidine rings is 1. The molecule has 0 spiro atoms. The molecule has 1 fully saturated rings. The van der Waals surface area contributed by atoms with Gasteiger partial charge in [-0.05, 0) is 37.0 Å². The largest absolute Gasteiger partial charge is 0.339 e. The second-order valence-electron chi connectivity index (χ2n) is 4.94. The second kappa shape index (κ2) is 5.51. The number of likely N-dealkylation sites (tertiary alicyclic amines) is 1. The van der Waals surface area contributed by atoms with Gasteiger partial charge in [-0.3, -0.25) is 4.79 Å². The van der Waals surface area contributed by atoms with Gasteiger partial charge in [-0.1, -0.05) is 13.0 Å². The third kappa shape index (κ3) is 3.48. The van der Waals surface area contributed by atoms with Gasteiger partial charge in [0, 0.05) is 29.3 Å². The van der Waals surface area contributed by atoms with Crippen molar-refractivity contribution in [1.29, 1.82) is 0 Å². The molecule has 0 radical (unpaired) electrons. The molecule has 4 nitrogen and oxygen atoms in total. The third-order valence-electron chi connectivity index (χ3n) is 3.43.